The van der Waals surface area contributed by atoms with Gasteiger partial charge in [-0.15, -0.1) is 0 Å². The van der Waals surface area contributed by atoms with E-state index < -0.39 is 0 Å². The van der Waals surface area contributed by atoms with Gasteiger partial charge in [0.15, 0.2) is 0 Å². The van der Waals surface area contributed by atoms with Crippen LogP contribution in [0.1, 0.15) is 52.4 Å². The van der Waals surface area contributed by atoms with Gasteiger partial charge in [0.2, 0.25) is 0 Å². The molecule has 1 aliphatic heterocycles. The van der Waals surface area contributed by atoms with Crippen molar-refractivity contribution in [2.45, 2.75) is 38.8 Å². The molecular formula is C22H28N2O2. The number of carbonyl (C=O) groups is 1. The molecule has 0 spiro atoms. The second-order valence-electron chi connectivity index (χ2n) is 7.49. The molecule has 1 N–H and O–H groups in total. The topological polar surface area (TPSA) is 43.8 Å². The number of aromatic hydroxyl groups is 1. The van der Waals surface area contributed by atoms with Crippen LogP contribution in [0.3, 0.4) is 0 Å². The zero-order chi connectivity index (χ0) is 18.7. The van der Waals surface area contributed by atoms with E-state index >= 15 is 0 Å². The van der Waals surface area contributed by atoms with Crippen molar-refractivity contribution in [3.63, 3.8) is 0 Å². The first-order valence-electron chi connectivity index (χ1n) is 9.30. The number of piperidine rings is 1. The number of benzene rings is 2. The maximum absolute atomic E-state index is 13.1. The predicted octanol–water partition coefficient (Wildman–Crippen LogP) is 4.13. The van der Waals surface area contributed by atoms with E-state index in [0.717, 1.165) is 37.9 Å². The van der Waals surface area contributed by atoms with Gasteiger partial charge in [-0.2, -0.15) is 0 Å². The van der Waals surface area contributed by atoms with E-state index in [-0.39, 0.29) is 17.7 Å². The fourth-order valence-corrected chi connectivity index (χ4v) is 3.69. The Morgan fingerprint density at radius 3 is 2.54 bits per heavy atom. The molecule has 2 aromatic carbocycles. The van der Waals surface area contributed by atoms with Crippen LogP contribution in [0.5, 0.6) is 5.75 Å². The summed E-state index contributed by atoms with van der Waals surface area (Å²) in [6.45, 7) is 3.52. The minimum Gasteiger partial charge on any atom is -0.508 e. The fourth-order valence-electron chi connectivity index (χ4n) is 3.69. The number of hydrogen-bond donors (Lipinski definition) is 1. The molecule has 26 heavy (non-hydrogen) atoms. The maximum atomic E-state index is 13.1. The van der Waals surface area contributed by atoms with E-state index in [0.29, 0.717) is 5.56 Å². The highest BCUT2D eigenvalue weighted by atomic mass is 16.3. The number of likely N-dealkylation sites (tertiary alicyclic amines) is 1. The third kappa shape index (κ3) is 4.07. The quantitative estimate of drug-likeness (QED) is 0.900. The Morgan fingerprint density at radius 1 is 1.15 bits per heavy atom. The Kier molecular flexibility index (Phi) is 5.62. The number of nitrogens with zero attached hydrogens (tertiary/aromatic N) is 2. The highest BCUT2D eigenvalue weighted by Crippen LogP contribution is 2.33. The number of carbonyl (C=O) groups excluding carboxylic acids is 1. The lowest BCUT2D eigenvalue weighted by atomic mass is 9.93. The van der Waals surface area contributed by atoms with Crippen LogP contribution in [0.25, 0.3) is 0 Å². The van der Waals surface area contributed by atoms with Crippen LogP contribution in [0, 0.1) is 6.92 Å². The normalized spacial score (nSPS) is 17.5. The molecule has 4 nitrogen and oxygen atoms in total. The maximum Gasteiger partial charge on any atom is 0.254 e. The van der Waals surface area contributed by atoms with Crippen molar-refractivity contribution < 1.29 is 9.90 Å². The molecule has 1 aliphatic rings. The van der Waals surface area contributed by atoms with E-state index in [9.17, 15) is 9.90 Å². The highest BCUT2D eigenvalue weighted by Gasteiger charge is 2.28. The minimum atomic E-state index is 0.0511. The van der Waals surface area contributed by atoms with Crippen molar-refractivity contribution in [2.75, 3.05) is 20.6 Å². The van der Waals surface area contributed by atoms with E-state index in [1.807, 2.05) is 11.8 Å². The Hall–Kier alpha value is -2.33. The average Bonchev–Trinajstić information content (AvgIpc) is 2.63. The van der Waals surface area contributed by atoms with E-state index in [2.05, 4.69) is 43.3 Å². The Bertz CT molecular complexity index is 768. The largest absolute Gasteiger partial charge is 0.508 e. The smallest absolute Gasteiger partial charge is 0.254 e. The van der Waals surface area contributed by atoms with E-state index in [4.69, 9.17) is 0 Å². The summed E-state index contributed by atoms with van der Waals surface area (Å²) in [5, 5.41) is 9.73. The number of amides is 1. The molecule has 0 bridgehead atoms. The van der Waals surface area contributed by atoms with Crippen molar-refractivity contribution >= 4 is 5.91 Å². The van der Waals surface area contributed by atoms with Gasteiger partial charge in [0.1, 0.15) is 5.75 Å². The molecule has 1 atom stereocenters. The van der Waals surface area contributed by atoms with Gasteiger partial charge in [-0.25, -0.2) is 0 Å². The number of hydrogen-bond acceptors (Lipinski definition) is 3. The summed E-state index contributed by atoms with van der Waals surface area (Å²) in [5.74, 6) is 0.281. The van der Waals surface area contributed by atoms with E-state index in [1.165, 1.54) is 11.1 Å². The third-order valence-corrected chi connectivity index (χ3v) is 5.07. The summed E-state index contributed by atoms with van der Waals surface area (Å²) in [4.78, 5) is 17.2. The van der Waals surface area contributed by atoms with Gasteiger partial charge < -0.3 is 14.9 Å². The summed E-state index contributed by atoms with van der Waals surface area (Å²) in [5.41, 5.74) is 3.87. The van der Waals surface area contributed by atoms with Crippen molar-refractivity contribution in [2.24, 2.45) is 0 Å². The van der Waals surface area contributed by atoms with Gasteiger partial charge in [0.05, 0.1) is 6.04 Å². The lowest BCUT2D eigenvalue weighted by Crippen LogP contribution is -2.38. The van der Waals surface area contributed by atoms with Crippen molar-refractivity contribution in [3.05, 3.63) is 64.7 Å². The summed E-state index contributed by atoms with van der Waals surface area (Å²) >= 11 is 0. The first-order valence-corrected chi connectivity index (χ1v) is 9.30. The molecule has 1 heterocycles. The van der Waals surface area contributed by atoms with E-state index in [1.54, 1.807) is 18.2 Å². The van der Waals surface area contributed by atoms with Gasteiger partial charge in [0, 0.05) is 18.7 Å². The molecule has 1 saturated heterocycles. The molecular weight excluding hydrogens is 324 g/mol. The van der Waals surface area contributed by atoms with Crippen LogP contribution in [0.4, 0.5) is 0 Å². The average molecular weight is 352 g/mol. The number of phenolic OH excluding ortho intramolecular Hbond substituents is 1. The van der Waals surface area contributed by atoms with Crippen LogP contribution < -0.4 is 0 Å². The van der Waals surface area contributed by atoms with Crippen molar-refractivity contribution in [3.8, 4) is 5.75 Å². The molecule has 4 heteroatoms. The van der Waals surface area contributed by atoms with Crippen molar-refractivity contribution in [1.29, 1.82) is 0 Å². The lowest BCUT2D eigenvalue weighted by Gasteiger charge is -2.36. The number of phenols is 1. The zero-order valence-electron chi connectivity index (χ0n) is 15.9. The second kappa shape index (κ2) is 7.92. The van der Waals surface area contributed by atoms with Crippen LogP contribution in [0.15, 0.2) is 42.5 Å². The lowest BCUT2D eigenvalue weighted by molar-refractivity contribution is 0.0611. The van der Waals surface area contributed by atoms with Gasteiger partial charge in [-0.05, 0) is 75.2 Å². The standard InChI is InChI=1S/C22H28N2O2/c1-16-14-19(11-12-21(16)25)22(26)24-13-5-4-6-20(24)18-9-7-17(8-10-18)15-23(2)3/h7-12,14,20,25H,4-6,13,15H2,1-3H3. The summed E-state index contributed by atoms with van der Waals surface area (Å²) in [7, 11) is 4.13. The Labute approximate surface area is 156 Å². The molecule has 0 aromatic heterocycles. The van der Waals surface area contributed by atoms with Crippen LogP contribution in [-0.2, 0) is 6.54 Å². The molecule has 0 aliphatic carbocycles. The molecule has 1 unspecified atom stereocenters. The predicted molar refractivity (Wildman–Crippen MR) is 104 cm³/mol. The molecule has 3 rings (SSSR count). The zero-order valence-corrected chi connectivity index (χ0v) is 15.9. The monoisotopic (exact) mass is 352 g/mol. The first kappa shape index (κ1) is 18.5. The molecule has 1 fully saturated rings. The highest BCUT2D eigenvalue weighted by molar-refractivity contribution is 5.95. The first-order chi connectivity index (χ1) is 12.5. The van der Waals surface area contributed by atoms with Gasteiger partial charge in [-0.3, -0.25) is 4.79 Å². The number of aryl methyl sites for hydroxylation is 1. The Balaban J connectivity index is 1.83. The van der Waals surface area contributed by atoms with Crippen LogP contribution in [-0.4, -0.2) is 41.5 Å². The molecule has 0 saturated carbocycles. The Morgan fingerprint density at radius 2 is 1.88 bits per heavy atom. The van der Waals surface area contributed by atoms with Gasteiger partial charge in [-0.1, -0.05) is 24.3 Å². The fraction of sp³-hybridized carbons (Fsp3) is 0.409. The van der Waals surface area contributed by atoms with Crippen LogP contribution in [0.2, 0.25) is 0 Å². The van der Waals surface area contributed by atoms with Gasteiger partial charge >= 0.3 is 0 Å². The molecule has 1 amide bonds. The summed E-state index contributed by atoms with van der Waals surface area (Å²) < 4.78 is 0. The number of rotatable bonds is 4. The summed E-state index contributed by atoms with van der Waals surface area (Å²) in [6, 6.07) is 13.9. The summed E-state index contributed by atoms with van der Waals surface area (Å²) in [6.07, 6.45) is 3.18. The molecule has 138 valence electrons. The molecule has 2 aromatic rings. The molecule has 0 radical (unpaired) electrons. The second-order valence-corrected chi connectivity index (χ2v) is 7.49. The van der Waals surface area contributed by atoms with Crippen molar-refractivity contribution in [1.82, 2.24) is 9.80 Å². The van der Waals surface area contributed by atoms with Gasteiger partial charge in [0.25, 0.3) is 5.91 Å². The SMILES string of the molecule is Cc1cc(C(=O)N2CCCCC2c2ccc(CN(C)C)cc2)ccc1O. The minimum absolute atomic E-state index is 0.0511. The van der Waals surface area contributed by atoms with Crippen LogP contribution >= 0.6 is 0 Å². The third-order valence-electron chi connectivity index (χ3n) is 5.07.